The van der Waals surface area contributed by atoms with Gasteiger partial charge in [0.1, 0.15) is 11.6 Å². The number of Topliss-reactive ketones (excluding diaryl/α,β-unsaturated/α-hetero) is 1. The predicted octanol–water partition coefficient (Wildman–Crippen LogP) is 3.97. The van der Waals surface area contributed by atoms with Crippen LogP contribution in [0.25, 0.3) is 11.1 Å². The number of halogens is 1. The molecule has 1 aliphatic rings. The molecule has 2 N–H and O–H groups in total. The molecule has 3 heterocycles. The molecule has 0 aliphatic carbocycles. The number of aromatic nitrogens is 3. The molecular weight excluding hydrogens is 383 g/mol. The van der Waals surface area contributed by atoms with Crippen molar-refractivity contribution in [3.05, 3.63) is 71.7 Å². The molecule has 2 aromatic heterocycles. The summed E-state index contributed by atoms with van der Waals surface area (Å²) in [4.78, 5) is 24.9. The zero-order chi connectivity index (χ0) is 20.9. The van der Waals surface area contributed by atoms with E-state index in [0.29, 0.717) is 35.0 Å². The molecule has 1 fully saturated rings. The lowest BCUT2D eigenvalue weighted by molar-refractivity contribution is 0.0853. The van der Waals surface area contributed by atoms with Gasteiger partial charge in [0.15, 0.2) is 5.78 Å². The summed E-state index contributed by atoms with van der Waals surface area (Å²) in [6, 6.07) is 6.57. The second kappa shape index (κ2) is 9.09. The van der Waals surface area contributed by atoms with Gasteiger partial charge in [0.2, 0.25) is 0 Å². The summed E-state index contributed by atoms with van der Waals surface area (Å²) in [6.07, 6.45) is 8.97. The number of pyridine rings is 1. The van der Waals surface area contributed by atoms with E-state index in [1.807, 2.05) is 6.07 Å². The van der Waals surface area contributed by atoms with Crippen LogP contribution in [-0.4, -0.2) is 33.9 Å². The van der Waals surface area contributed by atoms with E-state index in [4.69, 9.17) is 10.5 Å². The Labute approximate surface area is 174 Å². The van der Waals surface area contributed by atoms with Crippen LogP contribution < -0.4 is 5.73 Å². The highest BCUT2D eigenvalue weighted by Crippen LogP contribution is 2.33. The molecule has 0 atom stereocenters. The molecule has 0 unspecified atom stereocenters. The molecule has 154 valence electrons. The van der Waals surface area contributed by atoms with Crippen LogP contribution in [0.2, 0.25) is 0 Å². The van der Waals surface area contributed by atoms with Crippen LogP contribution in [0.15, 0.2) is 49.1 Å². The minimum absolute atomic E-state index is 0.0646. The average Bonchev–Trinajstić information content (AvgIpc) is 2.79. The van der Waals surface area contributed by atoms with Gasteiger partial charge in [0.25, 0.3) is 0 Å². The molecule has 1 aromatic carbocycles. The zero-order valence-electron chi connectivity index (χ0n) is 16.6. The van der Waals surface area contributed by atoms with Gasteiger partial charge in [-0.15, -0.1) is 0 Å². The third kappa shape index (κ3) is 4.52. The molecule has 0 amide bonds. The van der Waals surface area contributed by atoms with E-state index in [0.717, 1.165) is 31.6 Å². The number of anilines is 1. The van der Waals surface area contributed by atoms with Crippen LogP contribution in [0.4, 0.5) is 10.2 Å². The van der Waals surface area contributed by atoms with Gasteiger partial charge in [0, 0.05) is 50.0 Å². The molecule has 6 nitrogen and oxygen atoms in total. The van der Waals surface area contributed by atoms with Crippen molar-refractivity contribution >= 4 is 11.6 Å². The van der Waals surface area contributed by atoms with Crippen LogP contribution in [0, 0.1) is 5.82 Å². The van der Waals surface area contributed by atoms with Gasteiger partial charge in [-0.25, -0.2) is 9.37 Å². The number of carbonyl (C=O) groups is 1. The lowest BCUT2D eigenvalue weighted by Gasteiger charge is -2.22. The van der Waals surface area contributed by atoms with Crippen molar-refractivity contribution < 1.29 is 13.9 Å². The first kappa shape index (κ1) is 20.1. The Hall–Kier alpha value is -3.19. The second-order valence-corrected chi connectivity index (χ2v) is 7.40. The van der Waals surface area contributed by atoms with E-state index in [2.05, 4.69) is 15.0 Å². The highest BCUT2D eigenvalue weighted by atomic mass is 19.1. The number of nitrogens with two attached hydrogens (primary N) is 1. The van der Waals surface area contributed by atoms with Gasteiger partial charge in [-0.2, -0.15) is 0 Å². The normalized spacial score (nSPS) is 14.6. The Kier molecular flexibility index (Phi) is 6.09. The van der Waals surface area contributed by atoms with Crippen molar-refractivity contribution in [2.75, 3.05) is 18.9 Å². The van der Waals surface area contributed by atoms with Crippen LogP contribution in [0.5, 0.6) is 0 Å². The fourth-order valence-corrected chi connectivity index (χ4v) is 3.72. The lowest BCUT2D eigenvalue weighted by Crippen LogP contribution is -2.14. The van der Waals surface area contributed by atoms with E-state index >= 15 is 0 Å². The molecule has 0 radical (unpaired) electrons. The standard InChI is InChI=1S/C23H23FN4O2/c24-21-12-16(1-3-19(21)22(29)4-2-18-14-26-7-8-27-18)20-11-17(13-28-23(20)25)15-5-9-30-10-6-15/h1,3,7-8,11-15H,2,4-6,9-10H2,(H2,25,28). The Morgan fingerprint density at radius 2 is 1.97 bits per heavy atom. The summed E-state index contributed by atoms with van der Waals surface area (Å²) in [5.74, 6) is -0.136. The maximum Gasteiger partial charge on any atom is 0.166 e. The van der Waals surface area contributed by atoms with Crippen molar-refractivity contribution in [1.29, 1.82) is 0 Å². The maximum absolute atomic E-state index is 14.8. The quantitative estimate of drug-likeness (QED) is 0.623. The maximum atomic E-state index is 14.8. The van der Waals surface area contributed by atoms with Crippen molar-refractivity contribution in [1.82, 2.24) is 15.0 Å². The second-order valence-electron chi connectivity index (χ2n) is 7.40. The summed E-state index contributed by atoms with van der Waals surface area (Å²) in [6.45, 7) is 1.45. The first-order chi connectivity index (χ1) is 14.6. The van der Waals surface area contributed by atoms with E-state index in [1.54, 1.807) is 30.9 Å². The predicted molar refractivity (Wildman–Crippen MR) is 112 cm³/mol. The van der Waals surface area contributed by atoms with Crippen LogP contribution in [-0.2, 0) is 11.2 Å². The van der Waals surface area contributed by atoms with Gasteiger partial charge in [0.05, 0.1) is 11.3 Å². The molecule has 4 rings (SSSR count). The molecule has 0 saturated carbocycles. The highest BCUT2D eigenvalue weighted by molar-refractivity contribution is 5.97. The smallest absolute Gasteiger partial charge is 0.166 e. The molecule has 3 aromatic rings. The van der Waals surface area contributed by atoms with Crippen molar-refractivity contribution in [2.45, 2.75) is 31.6 Å². The number of ether oxygens (including phenoxy) is 1. The van der Waals surface area contributed by atoms with E-state index in [1.165, 1.54) is 12.1 Å². The first-order valence-electron chi connectivity index (χ1n) is 10.0. The number of nitrogen functional groups attached to an aromatic ring is 1. The largest absolute Gasteiger partial charge is 0.383 e. The Balaban J connectivity index is 1.53. The monoisotopic (exact) mass is 406 g/mol. The van der Waals surface area contributed by atoms with Crippen LogP contribution in [0.3, 0.4) is 0 Å². The fraction of sp³-hybridized carbons (Fsp3) is 0.304. The summed E-state index contributed by atoms with van der Waals surface area (Å²) in [5.41, 5.74) is 9.20. The van der Waals surface area contributed by atoms with E-state index in [9.17, 15) is 9.18 Å². The number of hydrogen-bond acceptors (Lipinski definition) is 6. The summed E-state index contributed by atoms with van der Waals surface area (Å²) < 4.78 is 20.2. The van der Waals surface area contributed by atoms with Gasteiger partial charge in [-0.3, -0.25) is 14.8 Å². The van der Waals surface area contributed by atoms with E-state index in [-0.39, 0.29) is 17.8 Å². The lowest BCUT2D eigenvalue weighted by atomic mass is 9.91. The molecular formula is C23H23FN4O2. The minimum Gasteiger partial charge on any atom is -0.383 e. The SMILES string of the molecule is Nc1ncc(C2CCOCC2)cc1-c1ccc(C(=O)CCc2cnccn2)c(F)c1. The van der Waals surface area contributed by atoms with Gasteiger partial charge < -0.3 is 10.5 Å². The number of carbonyl (C=O) groups excluding carboxylic acids is 1. The molecule has 7 heteroatoms. The third-order valence-electron chi connectivity index (χ3n) is 5.44. The summed E-state index contributed by atoms with van der Waals surface area (Å²) >= 11 is 0. The molecule has 1 aliphatic heterocycles. The van der Waals surface area contributed by atoms with Crippen molar-refractivity contribution in [3.8, 4) is 11.1 Å². The number of ketones is 1. The highest BCUT2D eigenvalue weighted by Gasteiger charge is 2.19. The first-order valence-corrected chi connectivity index (χ1v) is 10.0. The van der Waals surface area contributed by atoms with Crippen molar-refractivity contribution in [2.24, 2.45) is 0 Å². The molecule has 1 saturated heterocycles. The summed E-state index contributed by atoms with van der Waals surface area (Å²) in [5, 5.41) is 0. The average molecular weight is 406 g/mol. The number of aryl methyl sites for hydroxylation is 1. The molecule has 30 heavy (non-hydrogen) atoms. The Morgan fingerprint density at radius 3 is 2.70 bits per heavy atom. The minimum atomic E-state index is -0.562. The third-order valence-corrected chi connectivity index (χ3v) is 5.44. The molecule has 0 bridgehead atoms. The number of benzene rings is 1. The summed E-state index contributed by atoms with van der Waals surface area (Å²) in [7, 11) is 0. The van der Waals surface area contributed by atoms with E-state index < -0.39 is 5.82 Å². The Morgan fingerprint density at radius 1 is 1.13 bits per heavy atom. The number of hydrogen-bond donors (Lipinski definition) is 1. The van der Waals surface area contributed by atoms with Gasteiger partial charge in [-0.05, 0) is 54.5 Å². The molecule has 0 spiro atoms. The van der Waals surface area contributed by atoms with Crippen molar-refractivity contribution in [3.63, 3.8) is 0 Å². The Bertz CT molecular complexity index is 1040. The fourth-order valence-electron chi connectivity index (χ4n) is 3.72. The van der Waals surface area contributed by atoms with Gasteiger partial charge in [-0.1, -0.05) is 6.07 Å². The topological polar surface area (TPSA) is 91.0 Å². The van der Waals surface area contributed by atoms with Crippen LogP contribution >= 0.6 is 0 Å². The van der Waals surface area contributed by atoms with Crippen LogP contribution in [0.1, 0.15) is 46.8 Å². The number of rotatable bonds is 6. The van der Waals surface area contributed by atoms with Gasteiger partial charge >= 0.3 is 0 Å². The zero-order valence-corrected chi connectivity index (χ0v) is 16.6. The number of nitrogens with zero attached hydrogens (tertiary/aromatic N) is 3.